The minimum absolute atomic E-state index is 0.0433. The van der Waals surface area contributed by atoms with Gasteiger partial charge in [0.15, 0.2) is 9.84 Å². The van der Waals surface area contributed by atoms with Crippen molar-refractivity contribution in [2.45, 2.75) is 25.8 Å². The summed E-state index contributed by atoms with van der Waals surface area (Å²) in [6.07, 6.45) is 1.38. The van der Waals surface area contributed by atoms with Crippen LogP contribution in [0.2, 0.25) is 5.02 Å². The molecule has 0 spiro atoms. The quantitative estimate of drug-likeness (QED) is 0.683. The van der Waals surface area contributed by atoms with Crippen molar-refractivity contribution in [2.75, 3.05) is 16.8 Å². The maximum atomic E-state index is 11.6. The summed E-state index contributed by atoms with van der Waals surface area (Å²) in [4.78, 5) is 10.2. The van der Waals surface area contributed by atoms with Gasteiger partial charge < -0.3 is 5.32 Å². The largest absolute Gasteiger partial charge is 0.381 e. The van der Waals surface area contributed by atoms with Crippen LogP contribution in [0.1, 0.15) is 18.4 Å². The van der Waals surface area contributed by atoms with Crippen LogP contribution < -0.4 is 5.32 Å². The summed E-state index contributed by atoms with van der Waals surface area (Å²) >= 11 is 5.87. The Morgan fingerprint density at radius 3 is 2.75 bits per heavy atom. The third kappa shape index (κ3) is 3.40. The summed E-state index contributed by atoms with van der Waals surface area (Å²) in [6.45, 7) is 1.73. The van der Waals surface area contributed by atoms with Gasteiger partial charge in [0, 0.05) is 17.8 Å². The fraction of sp³-hybridized carbons (Fsp3) is 0.500. The summed E-state index contributed by atoms with van der Waals surface area (Å²) in [7, 11) is -3.00. The number of nitrogens with one attached hydrogen (secondary N) is 1. The summed E-state index contributed by atoms with van der Waals surface area (Å²) in [5.41, 5.74) is 1.16. The number of benzene rings is 1. The molecule has 1 heterocycles. The number of anilines is 1. The first-order valence-electron chi connectivity index (χ1n) is 6.20. The topological polar surface area (TPSA) is 89.3 Å². The molecule has 0 saturated carbocycles. The van der Waals surface area contributed by atoms with Crippen LogP contribution >= 0.6 is 11.6 Å². The Hall–Kier alpha value is -1.34. The summed E-state index contributed by atoms with van der Waals surface area (Å²) in [5, 5.41) is 14.0. The first-order chi connectivity index (χ1) is 9.28. The molecule has 20 heavy (non-hydrogen) atoms. The number of nitro benzene ring substituents is 1. The normalized spacial score (nSPS) is 21.4. The van der Waals surface area contributed by atoms with Gasteiger partial charge in [0.1, 0.15) is 5.02 Å². The zero-order chi connectivity index (χ0) is 14.9. The van der Waals surface area contributed by atoms with Crippen LogP contribution in [0.4, 0.5) is 11.4 Å². The van der Waals surface area contributed by atoms with Crippen LogP contribution in [0.3, 0.4) is 0 Å². The zero-order valence-electron chi connectivity index (χ0n) is 10.9. The summed E-state index contributed by atoms with van der Waals surface area (Å²) < 4.78 is 23.2. The molecule has 0 aromatic heterocycles. The molecular weight excluding hydrogens is 304 g/mol. The molecule has 1 aliphatic rings. The highest BCUT2D eigenvalue weighted by Gasteiger charge is 2.25. The first-order valence-corrected chi connectivity index (χ1v) is 8.40. The maximum Gasteiger partial charge on any atom is 0.288 e. The first kappa shape index (κ1) is 15.1. The average molecular weight is 319 g/mol. The van der Waals surface area contributed by atoms with Crippen molar-refractivity contribution in [2.24, 2.45) is 0 Å². The number of sulfone groups is 1. The van der Waals surface area contributed by atoms with Crippen LogP contribution in [0, 0.1) is 17.0 Å². The lowest BCUT2D eigenvalue weighted by Crippen LogP contribution is -2.35. The molecule has 6 nitrogen and oxygen atoms in total. The standard InChI is InChI=1S/C12H15ClN2O4S/c1-8-5-12(15(16)17)10(13)6-11(8)14-9-3-2-4-20(18,19)7-9/h5-6,9,14H,2-4,7H2,1H3. The minimum atomic E-state index is -3.00. The lowest BCUT2D eigenvalue weighted by molar-refractivity contribution is -0.384. The third-order valence-corrected chi connectivity index (χ3v) is 5.44. The highest BCUT2D eigenvalue weighted by atomic mass is 35.5. The van der Waals surface area contributed by atoms with Crippen molar-refractivity contribution in [1.82, 2.24) is 0 Å². The van der Waals surface area contributed by atoms with Crippen LogP contribution in [0.25, 0.3) is 0 Å². The van der Waals surface area contributed by atoms with E-state index in [1.165, 1.54) is 12.1 Å². The molecule has 8 heteroatoms. The molecule has 1 atom stereocenters. The third-order valence-electron chi connectivity index (χ3n) is 3.31. The molecule has 1 saturated heterocycles. The molecule has 1 unspecified atom stereocenters. The van der Waals surface area contributed by atoms with E-state index in [0.29, 0.717) is 17.7 Å². The fourth-order valence-corrected chi connectivity index (χ4v) is 4.19. The van der Waals surface area contributed by atoms with Crippen LogP contribution in [-0.2, 0) is 9.84 Å². The second kappa shape index (κ2) is 5.57. The second-order valence-corrected chi connectivity index (χ2v) is 7.61. The number of rotatable bonds is 3. The van der Waals surface area contributed by atoms with E-state index in [9.17, 15) is 18.5 Å². The van der Waals surface area contributed by atoms with Gasteiger partial charge in [-0.05, 0) is 31.4 Å². The molecule has 1 aromatic carbocycles. The number of nitro groups is 1. The Labute approximate surface area is 122 Å². The molecule has 0 bridgehead atoms. The van der Waals surface area contributed by atoms with E-state index >= 15 is 0 Å². The Morgan fingerprint density at radius 2 is 2.15 bits per heavy atom. The second-order valence-electron chi connectivity index (χ2n) is 4.97. The number of nitrogens with zero attached hydrogens (tertiary/aromatic N) is 1. The van der Waals surface area contributed by atoms with Gasteiger partial charge in [-0.2, -0.15) is 0 Å². The Balaban J connectivity index is 2.22. The molecule has 0 radical (unpaired) electrons. The molecule has 0 amide bonds. The number of aryl methyl sites for hydroxylation is 1. The van der Waals surface area contributed by atoms with Crippen LogP contribution in [-0.4, -0.2) is 30.9 Å². The van der Waals surface area contributed by atoms with Crippen molar-refractivity contribution >= 4 is 32.8 Å². The van der Waals surface area contributed by atoms with Crippen LogP contribution in [0.5, 0.6) is 0 Å². The fourth-order valence-electron chi connectivity index (χ4n) is 2.32. The predicted molar refractivity (Wildman–Crippen MR) is 78.1 cm³/mol. The summed E-state index contributed by atoms with van der Waals surface area (Å²) in [6, 6.07) is 2.70. The number of hydrogen-bond donors (Lipinski definition) is 1. The Bertz CT molecular complexity index is 645. The van der Waals surface area contributed by atoms with E-state index in [2.05, 4.69) is 5.32 Å². The van der Waals surface area contributed by atoms with Crippen molar-refractivity contribution in [3.63, 3.8) is 0 Å². The Morgan fingerprint density at radius 1 is 1.45 bits per heavy atom. The van der Waals surface area contributed by atoms with Gasteiger partial charge in [-0.25, -0.2) is 8.42 Å². The number of halogens is 1. The van der Waals surface area contributed by atoms with E-state index in [1.54, 1.807) is 6.92 Å². The lowest BCUT2D eigenvalue weighted by Gasteiger charge is -2.24. The Kier molecular flexibility index (Phi) is 4.19. The van der Waals surface area contributed by atoms with E-state index < -0.39 is 14.8 Å². The number of hydrogen-bond acceptors (Lipinski definition) is 5. The van der Waals surface area contributed by atoms with Crippen molar-refractivity contribution in [3.05, 3.63) is 32.8 Å². The van der Waals surface area contributed by atoms with E-state index in [4.69, 9.17) is 11.6 Å². The molecule has 1 N–H and O–H groups in total. The summed E-state index contributed by atoms with van der Waals surface area (Å²) in [5.74, 6) is 0.312. The average Bonchev–Trinajstić information content (AvgIpc) is 2.31. The molecular formula is C12H15ClN2O4S. The minimum Gasteiger partial charge on any atom is -0.381 e. The van der Waals surface area contributed by atoms with Crippen molar-refractivity contribution < 1.29 is 13.3 Å². The van der Waals surface area contributed by atoms with Crippen molar-refractivity contribution in [3.8, 4) is 0 Å². The van der Waals surface area contributed by atoms with Gasteiger partial charge in [-0.3, -0.25) is 10.1 Å². The highest BCUT2D eigenvalue weighted by molar-refractivity contribution is 7.91. The highest BCUT2D eigenvalue weighted by Crippen LogP contribution is 2.31. The zero-order valence-corrected chi connectivity index (χ0v) is 12.5. The molecule has 110 valence electrons. The van der Waals surface area contributed by atoms with Gasteiger partial charge >= 0.3 is 0 Å². The van der Waals surface area contributed by atoms with Gasteiger partial charge in [0.05, 0.1) is 16.4 Å². The van der Waals surface area contributed by atoms with Crippen molar-refractivity contribution in [1.29, 1.82) is 0 Å². The smallest absolute Gasteiger partial charge is 0.288 e. The maximum absolute atomic E-state index is 11.6. The van der Waals surface area contributed by atoms with E-state index in [-0.39, 0.29) is 28.3 Å². The monoisotopic (exact) mass is 318 g/mol. The molecule has 1 aliphatic heterocycles. The van der Waals surface area contributed by atoms with Crippen LogP contribution in [0.15, 0.2) is 12.1 Å². The molecule has 1 aromatic rings. The van der Waals surface area contributed by atoms with Gasteiger partial charge in [0.25, 0.3) is 5.69 Å². The van der Waals surface area contributed by atoms with Gasteiger partial charge in [-0.1, -0.05) is 11.6 Å². The SMILES string of the molecule is Cc1cc([N+](=O)[O-])c(Cl)cc1NC1CCCS(=O)(=O)C1. The molecule has 0 aliphatic carbocycles. The molecule has 1 fully saturated rings. The van der Waals surface area contributed by atoms with E-state index in [0.717, 1.165) is 6.42 Å². The predicted octanol–water partition coefficient (Wildman–Crippen LogP) is 2.55. The van der Waals surface area contributed by atoms with E-state index in [1.807, 2.05) is 0 Å². The van der Waals surface area contributed by atoms with Gasteiger partial charge in [0.2, 0.25) is 0 Å². The molecule has 2 rings (SSSR count). The van der Waals surface area contributed by atoms with Gasteiger partial charge in [-0.15, -0.1) is 0 Å². The lowest BCUT2D eigenvalue weighted by atomic mass is 10.1.